The Morgan fingerprint density at radius 2 is 1.74 bits per heavy atom. The minimum atomic E-state index is -0.608. The molecule has 0 aliphatic carbocycles. The molecule has 3 heterocycles. The van der Waals surface area contributed by atoms with Gasteiger partial charge >= 0.3 is 6.09 Å². The molecular weight excluding hydrogens is 502 g/mol. The Labute approximate surface area is 223 Å². The summed E-state index contributed by atoms with van der Waals surface area (Å²) < 4.78 is 5.43. The first-order valence-corrected chi connectivity index (χ1v) is 13.0. The number of thiazole rings is 1. The van der Waals surface area contributed by atoms with E-state index in [4.69, 9.17) is 4.74 Å². The van der Waals surface area contributed by atoms with Crippen LogP contribution in [0.3, 0.4) is 0 Å². The molecule has 3 amide bonds. The van der Waals surface area contributed by atoms with E-state index in [1.807, 2.05) is 47.8 Å². The summed E-state index contributed by atoms with van der Waals surface area (Å²) in [6, 6.07) is 19.3. The molecule has 0 unspecified atom stereocenters. The Morgan fingerprint density at radius 3 is 2.50 bits per heavy atom. The van der Waals surface area contributed by atoms with Crippen LogP contribution in [-0.4, -0.2) is 45.4 Å². The number of likely N-dealkylation sites (tertiary alicyclic amines) is 1. The second-order valence-electron chi connectivity index (χ2n) is 8.69. The van der Waals surface area contributed by atoms with E-state index in [0.29, 0.717) is 35.0 Å². The van der Waals surface area contributed by atoms with Gasteiger partial charge in [-0.2, -0.15) is 0 Å². The van der Waals surface area contributed by atoms with Crippen LogP contribution in [-0.2, 0) is 16.1 Å². The van der Waals surface area contributed by atoms with Crippen molar-refractivity contribution in [2.45, 2.75) is 25.5 Å². The fourth-order valence-electron chi connectivity index (χ4n) is 4.14. The molecule has 38 heavy (non-hydrogen) atoms. The summed E-state index contributed by atoms with van der Waals surface area (Å²) in [7, 11) is 0. The van der Waals surface area contributed by atoms with E-state index in [9.17, 15) is 14.4 Å². The van der Waals surface area contributed by atoms with Crippen molar-refractivity contribution in [2.24, 2.45) is 0 Å². The topological polar surface area (TPSA) is 114 Å². The van der Waals surface area contributed by atoms with Gasteiger partial charge in [0.15, 0.2) is 5.13 Å². The monoisotopic (exact) mass is 527 g/mol. The summed E-state index contributed by atoms with van der Waals surface area (Å²) in [5.41, 5.74) is 3.55. The lowest BCUT2D eigenvalue weighted by Crippen LogP contribution is -2.43. The molecule has 4 aromatic rings. The number of benzene rings is 2. The highest BCUT2D eigenvalue weighted by Gasteiger charge is 2.35. The second-order valence-corrected chi connectivity index (χ2v) is 9.54. The van der Waals surface area contributed by atoms with Crippen LogP contribution in [0.5, 0.6) is 0 Å². The van der Waals surface area contributed by atoms with Gasteiger partial charge in [-0.05, 0) is 42.7 Å². The minimum Gasteiger partial charge on any atom is -0.445 e. The number of hydrogen-bond acceptors (Lipinski definition) is 7. The van der Waals surface area contributed by atoms with Gasteiger partial charge in [-0.25, -0.2) is 9.78 Å². The Balaban J connectivity index is 1.17. The first-order chi connectivity index (χ1) is 18.6. The van der Waals surface area contributed by atoms with Crippen molar-refractivity contribution in [3.05, 3.63) is 95.6 Å². The average molecular weight is 528 g/mol. The third-order valence-electron chi connectivity index (χ3n) is 6.11. The van der Waals surface area contributed by atoms with E-state index in [1.54, 1.807) is 36.7 Å². The van der Waals surface area contributed by atoms with Crippen molar-refractivity contribution in [3.63, 3.8) is 0 Å². The van der Waals surface area contributed by atoms with Crippen LogP contribution in [0, 0.1) is 0 Å². The van der Waals surface area contributed by atoms with E-state index < -0.39 is 12.1 Å². The Hall–Kier alpha value is -4.57. The number of rotatable bonds is 7. The molecular formula is C28H25N5O4S. The van der Waals surface area contributed by atoms with Crippen molar-refractivity contribution in [2.75, 3.05) is 17.2 Å². The molecule has 192 valence electrons. The van der Waals surface area contributed by atoms with E-state index in [-0.39, 0.29) is 18.4 Å². The summed E-state index contributed by atoms with van der Waals surface area (Å²) in [6.07, 6.45) is 4.01. The van der Waals surface area contributed by atoms with Crippen molar-refractivity contribution in [1.82, 2.24) is 14.9 Å². The molecule has 2 N–H and O–H groups in total. The molecule has 2 aromatic heterocycles. The van der Waals surface area contributed by atoms with Crippen LogP contribution in [0.25, 0.3) is 11.3 Å². The third kappa shape index (κ3) is 6.04. The molecule has 0 bridgehead atoms. The molecule has 1 saturated heterocycles. The largest absolute Gasteiger partial charge is 0.445 e. The van der Waals surface area contributed by atoms with E-state index in [2.05, 4.69) is 20.6 Å². The number of anilines is 2. The lowest BCUT2D eigenvalue weighted by atomic mass is 10.1. The number of pyridine rings is 1. The highest BCUT2D eigenvalue weighted by Crippen LogP contribution is 2.27. The molecule has 1 atom stereocenters. The van der Waals surface area contributed by atoms with Gasteiger partial charge in [0, 0.05) is 41.1 Å². The number of nitrogens with one attached hydrogen (secondary N) is 2. The van der Waals surface area contributed by atoms with Crippen molar-refractivity contribution >= 4 is 40.1 Å². The molecule has 0 spiro atoms. The molecule has 1 aliphatic heterocycles. The van der Waals surface area contributed by atoms with E-state index in [1.165, 1.54) is 16.2 Å². The van der Waals surface area contributed by atoms with Gasteiger partial charge < -0.3 is 15.4 Å². The number of carbonyl (C=O) groups excluding carboxylic acids is 3. The van der Waals surface area contributed by atoms with Gasteiger partial charge in [0.25, 0.3) is 5.91 Å². The lowest BCUT2D eigenvalue weighted by molar-refractivity contribution is -0.120. The maximum atomic E-state index is 13.0. The van der Waals surface area contributed by atoms with Crippen LogP contribution in [0.15, 0.2) is 84.5 Å². The summed E-state index contributed by atoms with van der Waals surface area (Å²) >= 11 is 1.30. The van der Waals surface area contributed by atoms with Crippen LogP contribution in [0.4, 0.5) is 15.6 Å². The Bertz CT molecular complexity index is 1410. The smallest absolute Gasteiger partial charge is 0.410 e. The molecule has 9 nitrogen and oxygen atoms in total. The average Bonchev–Trinajstić information content (AvgIpc) is 3.63. The Morgan fingerprint density at radius 1 is 0.974 bits per heavy atom. The van der Waals surface area contributed by atoms with Gasteiger partial charge in [-0.3, -0.25) is 19.5 Å². The van der Waals surface area contributed by atoms with Crippen LogP contribution in [0.1, 0.15) is 28.8 Å². The van der Waals surface area contributed by atoms with Gasteiger partial charge in [-0.15, -0.1) is 11.3 Å². The third-order valence-corrected chi connectivity index (χ3v) is 6.87. The summed E-state index contributed by atoms with van der Waals surface area (Å²) in [6.45, 7) is 0.625. The Kier molecular flexibility index (Phi) is 7.70. The number of amides is 3. The zero-order valence-corrected chi connectivity index (χ0v) is 21.2. The quantitative estimate of drug-likeness (QED) is 0.342. The maximum absolute atomic E-state index is 13.0. The van der Waals surface area contributed by atoms with Gasteiger partial charge in [-0.1, -0.05) is 42.5 Å². The predicted octanol–water partition coefficient (Wildman–Crippen LogP) is 5.20. The highest BCUT2D eigenvalue weighted by molar-refractivity contribution is 7.14. The maximum Gasteiger partial charge on any atom is 0.410 e. The summed E-state index contributed by atoms with van der Waals surface area (Å²) in [4.78, 5) is 48.0. The van der Waals surface area contributed by atoms with Gasteiger partial charge in [0.1, 0.15) is 12.6 Å². The van der Waals surface area contributed by atoms with Gasteiger partial charge in [0.05, 0.1) is 5.69 Å². The first-order valence-electron chi connectivity index (χ1n) is 12.1. The number of nitrogens with zero attached hydrogens (tertiary/aromatic N) is 3. The summed E-state index contributed by atoms with van der Waals surface area (Å²) in [5.74, 6) is -0.513. The molecule has 1 fully saturated rings. The minimum absolute atomic E-state index is 0.157. The molecule has 1 aliphatic rings. The second kappa shape index (κ2) is 11.7. The normalized spacial score (nSPS) is 14.6. The molecule has 2 aromatic carbocycles. The molecule has 5 rings (SSSR count). The molecule has 10 heteroatoms. The zero-order valence-electron chi connectivity index (χ0n) is 20.4. The number of ether oxygens (including phenoxy) is 1. The fraction of sp³-hybridized carbons (Fsp3) is 0.179. The van der Waals surface area contributed by atoms with Crippen LogP contribution in [0.2, 0.25) is 0 Å². The van der Waals surface area contributed by atoms with Crippen molar-refractivity contribution < 1.29 is 19.1 Å². The highest BCUT2D eigenvalue weighted by atomic mass is 32.1. The van der Waals surface area contributed by atoms with Crippen LogP contribution >= 0.6 is 11.3 Å². The molecule has 0 radical (unpaired) electrons. The fourth-order valence-corrected chi connectivity index (χ4v) is 4.87. The predicted molar refractivity (Wildman–Crippen MR) is 145 cm³/mol. The number of aromatic nitrogens is 2. The standard InChI is InChI=1S/C28H25N5O4S/c34-25(30-22-12-14-29-15-13-22)21-10-8-20(9-11-21)23-18-38-27(31-23)32-26(35)24-7-4-16-33(24)28(36)37-17-19-5-2-1-3-6-19/h1-3,5-6,8-15,18,24H,4,7,16-17H2,(H,29,30,34)(H,31,32,35)/t24-/m0/s1. The zero-order chi connectivity index (χ0) is 26.3. The SMILES string of the molecule is O=C(Nc1ccncc1)c1ccc(-c2csc(NC(=O)[C@@H]3CCCN3C(=O)OCc3ccccc3)n2)cc1. The number of carbonyl (C=O) groups is 3. The van der Waals surface area contributed by atoms with E-state index in [0.717, 1.165) is 17.5 Å². The molecule has 0 saturated carbocycles. The van der Waals surface area contributed by atoms with E-state index >= 15 is 0 Å². The lowest BCUT2D eigenvalue weighted by Gasteiger charge is -2.22. The van der Waals surface area contributed by atoms with Gasteiger partial charge in [0.2, 0.25) is 5.91 Å². The van der Waals surface area contributed by atoms with Crippen molar-refractivity contribution in [3.8, 4) is 11.3 Å². The first kappa shape index (κ1) is 25.1. The van der Waals surface area contributed by atoms with Crippen LogP contribution < -0.4 is 10.6 Å². The van der Waals surface area contributed by atoms with Crippen molar-refractivity contribution in [1.29, 1.82) is 0 Å². The summed E-state index contributed by atoms with van der Waals surface area (Å²) in [5, 5.41) is 7.93. The number of hydrogen-bond donors (Lipinski definition) is 2.